The summed E-state index contributed by atoms with van der Waals surface area (Å²) in [5, 5.41) is 14.1. The highest BCUT2D eigenvalue weighted by atomic mass is 32.2. The number of hydrogen-bond acceptors (Lipinski definition) is 5. The second-order valence-electron chi connectivity index (χ2n) is 6.15. The molecule has 0 bridgehead atoms. The van der Waals surface area contributed by atoms with Crippen LogP contribution in [0.1, 0.15) is 31.1 Å². The van der Waals surface area contributed by atoms with Gasteiger partial charge in [-0.25, -0.2) is 0 Å². The molecule has 1 aromatic carbocycles. The maximum atomic E-state index is 12.3. The Balaban J connectivity index is 1.93. The summed E-state index contributed by atoms with van der Waals surface area (Å²) in [5.41, 5.74) is 1.11. The third-order valence-corrected chi connectivity index (χ3v) is 4.80. The highest BCUT2D eigenvalue weighted by Crippen LogP contribution is 2.15. The highest BCUT2D eigenvalue weighted by molar-refractivity contribution is 7.99. The van der Waals surface area contributed by atoms with Gasteiger partial charge in [-0.3, -0.25) is 9.59 Å². The number of anilines is 1. The average Bonchev–Trinajstić information content (AvgIpc) is 2.98. The van der Waals surface area contributed by atoms with E-state index in [-0.39, 0.29) is 23.6 Å². The number of nitrogens with one attached hydrogen (secondary N) is 2. The summed E-state index contributed by atoms with van der Waals surface area (Å²) in [6.45, 7) is 6.07. The van der Waals surface area contributed by atoms with Crippen molar-refractivity contribution in [2.45, 2.75) is 32.0 Å². The van der Waals surface area contributed by atoms with Crippen molar-refractivity contribution >= 4 is 29.3 Å². The molecule has 1 heterocycles. The van der Waals surface area contributed by atoms with Gasteiger partial charge in [0, 0.05) is 24.3 Å². The number of thioether (sulfide) groups is 1. The van der Waals surface area contributed by atoms with Crippen LogP contribution in [0.3, 0.4) is 0 Å². The molecule has 0 spiro atoms. The van der Waals surface area contributed by atoms with Gasteiger partial charge in [-0.2, -0.15) is 0 Å². The van der Waals surface area contributed by atoms with E-state index >= 15 is 0 Å². The van der Waals surface area contributed by atoms with Crippen LogP contribution in [-0.4, -0.2) is 38.4 Å². The number of carbonyl (C=O) groups excluding carboxylic acids is 2. The zero-order valence-electron chi connectivity index (χ0n) is 14.8. The van der Waals surface area contributed by atoms with Crippen LogP contribution in [0.25, 0.3) is 0 Å². The van der Waals surface area contributed by atoms with Crippen molar-refractivity contribution < 1.29 is 9.59 Å². The van der Waals surface area contributed by atoms with Crippen LogP contribution in [0.5, 0.6) is 0 Å². The van der Waals surface area contributed by atoms with E-state index in [4.69, 9.17) is 0 Å². The van der Waals surface area contributed by atoms with Crippen LogP contribution in [-0.2, 0) is 11.8 Å². The summed E-state index contributed by atoms with van der Waals surface area (Å²) < 4.78 is 1.75. The summed E-state index contributed by atoms with van der Waals surface area (Å²) >= 11 is 1.30. The lowest BCUT2D eigenvalue weighted by Crippen LogP contribution is -2.36. The lowest BCUT2D eigenvalue weighted by atomic mass is 10.1. The van der Waals surface area contributed by atoms with Gasteiger partial charge in [-0.1, -0.05) is 31.7 Å². The van der Waals surface area contributed by atoms with E-state index in [1.54, 1.807) is 35.2 Å². The minimum absolute atomic E-state index is 0.0774. The summed E-state index contributed by atoms with van der Waals surface area (Å²) in [6, 6.07) is 6.99. The number of nitrogens with zero attached hydrogens (tertiary/aromatic N) is 3. The van der Waals surface area contributed by atoms with Crippen molar-refractivity contribution in [3.8, 4) is 0 Å². The maximum Gasteiger partial charge on any atom is 0.251 e. The van der Waals surface area contributed by atoms with Gasteiger partial charge in [0.05, 0.1) is 5.75 Å². The zero-order valence-corrected chi connectivity index (χ0v) is 15.6. The van der Waals surface area contributed by atoms with Crippen LogP contribution in [0.15, 0.2) is 35.7 Å². The van der Waals surface area contributed by atoms with Crippen LogP contribution in [0.2, 0.25) is 0 Å². The predicted octanol–water partition coefficient (Wildman–Crippen LogP) is 2.32. The quantitative estimate of drug-likeness (QED) is 0.739. The van der Waals surface area contributed by atoms with Crippen molar-refractivity contribution in [1.29, 1.82) is 0 Å². The van der Waals surface area contributed by atoms with E-state index < -0.39 is 0 Å². The van der Waals surface area contributed by atoms with Crippen LogP contribution in [0.4, 0.5) is 5.69 Å². The third-order valence-electron chi connectivity index (χ3n) is 3.77. The summed E-state index contributed by atoms with van der Waals surface area (Å²) in [7, 11) is 1.82. The average molecular weight is 361 g/mol. The number of carbonyl (C=O) groups is 2. The minimum Gasteiger partial charge on any atom is -0.349 e. The van der Waals surface area contributed by atoms with Gasteiger partial charge in [0.25, 0.3) is 5.91 Å². The SMILES string of the molecule is CC(C)C(C)NC(=O)c1cccc(NC(=O)CSc2nncn2C)c1. The first-order valence-electron chi connectivity index (χ1n) is 8.04. The number of aromatic nitrogens is 3. The Labute approximate surface area is 151 Å². The largest absolute Gasteiger partial charge is 0.349 e. The normalized spacial score (nSPS) is 12.0. The first-order chi connectivity index (χ1) is 11.9. The molecule has 0 fully saturated rings. The van der Waals surface area contributed by atoms with Crippen molar-refractivity contribution in [1.82, 2.24) is 20.1 Å². The Kier molecular flexibility index (Phi) is 6.58. The third kappa shape index (κ3) is 5.60. The molecule has 0 aliphatic rings. The molecule has 2 N–H and O–H groups in total. The Bertz CT molecular complexity index is 744. The number of rotatable bonds is 7. The summed E-state index contributed by atoms with van der Waals surface area (Å²) in [4.78, 5) is 24.3. The lowest BCUT2D eigenvalue weighted by Gasteiger charge is -2.17. The first kappa shape index (κ1) is 19.0. The second kappa shape index (κ2) is 8.66. The maximum absolute atomic E-state index is 12.3. The van der Waals surface area contributed by atoms with E-state index in [1.165, 1.54) is 11.8 Å². The van der Waals surface area contributed by atoms with Crippen LogP contribution < -0.4 is 10.6 Å². The fourth-order valence-corrected chi connectivity index (χ4v) is 2.61. The number of aryl methyl sites for hydroxylation is 1. The smallest absolute Gasteiger partial charge is 0.251 e. The molecule has 25 heavy (non-hydrogen) atoms. The Morgan fingerprint density at radius 1 is 1.28 bits per heavy atom. The standard InChI is InChI=1S/C17H23N5O2S/c1-11(2)12(3)19-16(24)13-6-5-7-14(8-13)20-15(23)9-25-17-21-18-10-22(17)4/h5-8,10-12H,9H2,1-4H3,(H,19,24)(H,20,23). The molecule has 8 heteroatoms. The van der Waals surface area contributed by atoms with E-state index in [0.717, 1.165) is 0 Å². The van der Waals surface area contributed by atoms with Crippen molar-refractivity contribution in [2.24, 2.45) is 13.0 Å². The van der Waals surface area contributed by atoms with Crippen molar-refractivity contribution in [2.75, 3.05) is 11.1 Å². The van der Waals surface area contributed by atoms with Crippen molar-refractivity contribution in [3.05, 3.63) is 36.2 Å². The molecule has 0 aliphatic carbocycles. The minimum atomic E-state index is -0.166. The Hall–Kier alpha value is -2.35. The molecule has 0 saturated carbocycles. The highest BCUT2D eigenvalue weighted by Gasteiger charge is 2.13. The monoisotopic (exact) mass is 361 g/mol. The molecule has 134 valence electrons. The zero-order chi connectivity index (χ0) is 18.4. The van der Waals surface area contributed by atoms with Crippen molar-refractivity contribution in [3.63, 3.8) is 0 Å². The van der Waals surface area contributed by atoms with Gasteiger partial charge in [0.2, 0.25) is 5.91 Å². The molecule has 2 rings (SSSR count). The van der Waals surface area contributed by atoms with Gasteiger partial charge in [0.15, 0.2) is 5.16 Å². The Morgan fingerprint density at radius 2 is 2.04 bits per heavy atom. The first-order valence-corrected chi connectivity index (χ1v) is 9.03. The number of amides is 2. The molecule has 2 amide bonds. The molecule has 2 aromatic rings. The molecular formula is C17H23N5O2S. The molecular weight excluding hydrogens is 338 g/mol. The topological polar surface area (TPSA) is 88.9 Å². The fourth-order valence-electron chi connectivity index (χ4n) is 1.93. The predicted molar refractivity (Wildman–Crippen MR) is 98.6 cm³/mol. The molecule has 1 atom stereocenters. The van der Waals surface area contributed by atoms with Crippen LogP contribution in [0, 0.1) is 5.92 Å². The summed E-state index contributed by atoms with van der Waals surface area (Å²) in [6.07, 6.45) is 1.58. The van der Waals surface area contributed by atoms with Gasteiger partial charge < -0.3 is 15.2 Å². The van der Waals surface area contributed by atoms with E-state index in [2.05, 4.69) is 34.7 Å². The molecule has 0 saturated heterocycles. The van der Waals surface area contributed by atoms with Crippen LogP contribution >= 0.6 is 11.8 Å². The molecule has 0 aliphatic heterocycles. The fraction of sp³-hybridized carbons (Fsp3) is 0.412. The van der Waals surface area contributed by atoms with E-state index in [1.807, 2.05) is 14.0 Å². The second-order valence-corrected chi connectivity index (χ2v) is 7.09. The molecule has 0 radical (unpaired) electrons. The van der Waals surface area contributed by atoms with Gasteiger partial charge in [0.1, 0.15) is 6.33 Å². The number of benzene rings is 1. The van der Waals surface area contributed by atoms with Gasteiger partial charge in [-0.15, -0.1) is 10.2 Å². The lowest BCUT2D eigenvalue weighted by molar-refractivity contribution is -0.113. The molecule has 7 nitrogen and oxygen atoms in total. The summed E-state index contributed by atoms with van der Waals surface area (Å²) in [5.74, 6) is 0.254. The Morgan fingerprint density at radius 3 is 2.68 bits per heavy atom. The van der Waals surface area contributed by atoms with Gasteiger partial charge in [-0.05, 0) is 31.0 Å². The van der Waals surface area contributed by atoms with Gasteiger partial charge >= 0.3 is 0 Å². The van der Waals surface area contributed by atoms with E-state index in [9.17, 15) is 9.59 Å². The number of hydrogen-bond donors (Lipinski definition) is 2. The molecule has 1 aromatic heterocycles. The molecule has 1 unspecified atom stereocenters. The van der Waals surface area contributed by atoms with E-state index in [0.29, 0.717) is 22.3 Å².